The first kappa shape index (κ1) is 15.8. The number of aryl methyl sites for hydroxylation is 2. The summed E-state index contributed by atoms with van der Waals surface area (Å²) in [7, 11) is 0. The highest BCUT2D eigenvalue weighted by atomic mass is 16.5. The van der Waals surface area contributed by atoms with E-state index in [0.717, 1.165) is 23.3 Å². The Hall–Kier alpha value is -2.24. The Kier molecular flexibility index (Phi) is 5.83. The highest BCUT2D eigenvalue weighted by Crippen LogP contribution is 2.17. The van der Waals surface area contributed by atoms with Crippen molar-refractivity contribution in [2.24, 2.45) is 27.2 Å². The van der Waals surface area contributed by atoms with Crippen LogP contribution in [0.1, 0.15) is 24.5 Å². The van der Waals surface area contributed by atoms with Crippen LogP contribution in [0.4, 0.5) is 0 Å². The molecular formula is C14H23N5O. The van der Waals surface area contributed by atoms with Gasteiger partial charge in [0.2, 0.25) is 5.96 Å². The first-order chi connectivity index (χ1) is 9.40. The molecule has 0 bridgehead atoms. The Labute approximate surface area is 119 Å². The molecule has 0 aliphatic carbocycles. The Morgan fingerprint density at radius 2 is 1.75 bits per heavy atom. The lowest BCUT2D eigenvalue weighted by atomic mass is 10.1. The van der Waals surface area contributed by atoms with E-state index in [1.165, 1.54) is 0 Å². The second kappa shape index (κ2) is 7.37. The number of aliphatic imine (C=N–C) groups is 2. The van der Waals surface area contributed by atoms with Crippen LogP contribution in [-0.4, -0.2) is 24.6 Å². The lowest BCUT2D eigenvalue weighted by molar-refractivity contribution is 0.286. The number of hydrogen-bond acceptors (Lipinski definition) is 2. The minimum absolute atomic E-state index is 0.0703. The van der Waals surface area contributed by atoms with Gasteiger partial charge in [-0.05, 0) is 43.5 Å². The van der Waals surface area contributed by atoms with Crippen LogP contribution in [0, 0.1) is 13.8 Å². The molecular weight excluding hydrogens is 254 g/mol. The van der Waals surface area contributed by atoms with Crippen LogP contribution in [0.5, 0.6) is 5.75 Å². The average molecular weight is 277 g/mol. The van der Waals surface area contributed by atoms with E-state index in [2.05, 4.69) is 16.1 Å². The lowest BCUT2D eigenvalue weighted by Gasteiger charge is -2.13. The zero-order valence-corrected chi connectivity index (χ0v) is 12.3. The van der Waals surface area contributed by atoms with E-state index < -0.39 is 0 Å². The van der Waals surface area contributed by atoms with E-state index in [0.29, 0.717) is 6.61 Å². The molecule has 0 aliphatic rings. The predicted molar refractivity (Wildman–Crippen MR) is 82.9 cm³/mol. The monoisotopic (exact) mass is 277 g/mol. The van der Waals surface area contributed by atoms with Crippen LogP contribution in [0.2, 0.25) is 0 Å². The number of benzene rings is 1. The molecule has 6 nitrogen and oxygen atoms in total. The van der Waals surface area contributed by atoms with Crippen molar-refractivity contribution < 1.29 is 4.74 Å². The number of nitrogens with zero attached hydrogens (tertiary/aromatic N) is 2. The van der Waals surface area contributed by atoms with Crippen molar-refractivity contribution in [2.75, 3.05) is 6.61 Å². The molecule has 1 atom stereocenters. The maximum Gasteiger partial charge on any atom is 0.218 e. The molecule has 0 saturated carbocycles. The summed E-state index contributed by atoms with van der Waals surface area (Å²) in [6.45, 7) is 6.50. The van der Waals surface area contributed by atoms with Crippen LogP contribution in [0.15, 0.2) is 28.2 Å². The van der Waals surface area contributed by atoms with Gasteiger partial charge in [-0.3, -0.25) is 0 Å². The summed E-state index contributed by atoms with van der Waals surface area (Å²) >= 11 is 0. The van der Waals surface area contributed by atoms with Gasteiger partial charge in [0.05, 0.1) is 6.04 Å². The van der Waals surface area contributed by atoms with Gasteiger partial charge in [-0.25, -0.2) is 4.99 Å². The first-order valence-electron chi connectivity index (χ1n) is 6.54. The van der Waals surface area contributed by atoms with E-state index in [1.807, 2.05) is 32.9 Å². The molecule has 1 aromatic rings. The average Bonchev–Trinajstić information content (AvgIpc) is 2.32. The highest BCUT2D eigenvalue weighted by Gasteiger charge is 2.07. The summed E-state index contributed by atoms with van der Waals surface area (Å²) in [4.78, 5) is 7.91. The Morgan fingerprint density at radius 3 is 2.25 bits per heavy atom. The topological polar surface area (TPSA) is 112 Å². The van der Waals surface area contributed by atoms with E-state index >= 15 is 0 Å². The fourth-order valence-corrected chi connectivity index (χ4v) is 1.80. The standard InChI is InChI=1S/C14H23N5O/c1-4-11(18-14(17)19-13(15)16)8-20-12-6-9(2)5-10(3)7-12/h5-7,11H,4,8H2,1-3H3,(H6,15,16,17,18,19)/t11-/m1/s1. The molecule has 0 fully saturated rings. The van der Waals surface area contributed by atoms with Crippen molar-refractivity contribution in [1.29, 1.82) is 0 Å². The van der Waals surface area contributed by atoms with Crippen molar-refractivity contribution in [3.05, 3.63) is 29.3 Å². The van der Waals surface area contributed by atoms with E-state index in [-0.39, 0.29) is 18.0 Å². The molecule has 0 aromatic heterocycles. The van der Waals surface area contributed by atoms with Gasteiger partial charge in [-0.2, -0.15) is 4.99 Å². The number of guanidine groups is 2. The number of nitrogens with two attached hydrogens (primary N) is 3. The third-order valence-corrected chi connectivity index (χ3v) is 2.67. The summed E-state index contributed by atoms with van der Waals surface area (Å²) in [5.41, 5.74) is 18.4. The summed E-state index contributed by atoms with van der Waals surface area (Å²) < 4.78 is 5.75. The number of rotatable bonds is 5. The second-order valence-electron chi connectivity index (χ2n) is 4.72. The fourth-order valence-electron chi connectivity index (χ4n) is 1.80. The van der Waals surface area contributed by atoms with Gasteiger partial charge in [0, 0.05) is 0 Å². The van der Waals surface area contributed by atoms with Gasteiger partial charge < -0.3 is 21.9 Å². The second-order valence-corrected chi connectivity index (χ2v) is 4.72. The number of hydrogen-bond donors (Lipinski definition) is 3. The summed E-state index contributed by atoms with van der Waals surface area (Å²) in [5, 5.41) is 0. The van der Waals surface area contributed by atoms with Crippen LogP contribution in [0.3, 0.4) is 0 Å². The van der Waals surface area contributed by atoms with Gasteiger partial charge >= 0.3 is 0 Å². The third kappa shape index (κ3) is 5.60. The van der Waals surface area contributed by atoms with Crippen LogP contribution in [0.25, 0.3) is 0 Å². The predicted octanol–water partition coefficient (Wildman–Crippen LogP) is 1.05. The molecule has 0 heterocycles. The van der Waals surface area contributed by atoms with Crippen molar-refractivity contribution >= 4 is 11.9 Å². The summed E-state index contributed by atoms with van der Waals surface area (Å²) in [6.07, 6.45) is 0.783. The molecule has 20 heavy (non-hydrogen) atoms. The minimum Gasteiger partial charge on any atom is -0.491 e. The van der Waals surface area contributed by atoms with Gasteiger partial charge in [0.15, 0.2) is 5.96 Å². The van der Waals surface area contributed by atoms with Crippen LogP contribution < -0.4 is 21.9 Å². The number of ether oxygens (including phenoxy) is 1. The molecule has 1 rings (SSSR count). The lowest BCUT2D eigenvalue weighted by Crippen LogP contribution is -2.28. The molecule has 1 aromatic carbocycles. The van der Waals surface area contributed by atoms with Crippen molar-refractivity contribution in [3.8, 4) is 5.75 Å². The minimum atomic E-state index is -0.101. The Bertz CT molecular complexity index is 486. The van der Waals surface area contributed by atoms with Crippen molar-refractivity contribution in [2.45, 2.75) is 33.2 Å². The van der Waals surface area contributed by atoms with Gasteiger partial charge in [-0.15, -0.1) is 0 Å². The van der Waals surface area contributed by atoms with Crippen LogP contribution >= 0.6 is 0 Å². The third-order valence-electron chi connectivity index (χ3n) is 2.67. The Morgan fingerprint density at radius 1 is 1.15 bits per heavy atom. The molecule has 0 aliphatic heterocycles. The Balaban J connectivity index is 2.68. The summed E-state index contributed by atoms with van der Waals surface area (Å²) in [6, 6.07) is 5.99. The smallest absolute Gasteiger partial charge is 0.218 e. The molecule has 6 heteroatoms. The maximum atomic E-state index is 5.75. The van der Waals surface area contributed by atoms with Crippen molar-refractivity contribution in [3.63, 3.8) is 0 Å². The van der Waals surface area contributed by atoms with Crippen LogP contribution in [-0.2, 0) is 0 Å². The first-order valence-corrected chi connectivity index (χ1v) is 6.54. The summed E-state index contributed by atoms with van der Waals surface area (Å²) in [5.74, 6) is 0.800. The largest absolute Gasteiger partial charge is 0.491 e. The van der Waals surface area contributed by atoms with Gasteiger partial charge in [-0.1, -0.05) is 13.0 Å². The molecule has 0 unspecified atom stereocenters. The quantitative estimate of drug-likeness (QED) is 0.551. The zero-order chi connectivity index (χ0) is 15.1. The molecule has 0 radical (unpaired) electrons. The van der Waals surface area contributed by atoms with Gasteiger partial charge in [0.1, 0.15) is 12.4 Å². The van der Waals surface area contributed by atoms with Crippen molar-refractivity contribution in [1.82, 2.24) is 0 Å². The fraction of sp³-hybridized carbons (Fsp3) is 0.429. The van der Waals surface area contributed by atoms with E-state index in [4.69, 9.17) is 21.9 Å². The van der Waals surface area contributed by atoms with Gasteiger partial charge in [0.25, 0.3) is 0 Å². The molecule has 0 amide bonds. The maximum absolute atomic E-state index is 5.75. The molecule has 6 N–H and O–H groups in total. The molecule has 110 valence electrons. The highest BCUT2D eigenvalue weighted by molar-refractivity contribution is 5.92. The SMILES string of the molecule is CC[C@H](COc1cc(C)cc(C)c1)N=C(N)N=C(N)N. The van der Waals surface area contributed by atoms with E-state index in [1.54, 1.807) is 0 Å². The van der Waals surface area contributed by atoms with E-state index in [9.17, 15) is 0 Å². The molecule has 0 saturated heterocycles. The molecule has 0 spiro atoms. The normalized spacial score (nSPS) is 12.8. The zero-order valence-electron chi connectivity index (χ0n) is 12.3.